The zero-order chi connectivity index (χ0) is 27.6. The van der Waals surface area contributed by atoms with Gasteiger partial charge in [0.1, 0.15) is 5.60 Å². The van der Waals surface area contributed by atoms with Crippen molar-refractivity contribution in [3.05, 3.63) is 70.0 Å². The van der Waals surface area contributed by atoms with Crippen LogP contribution in [0.5, 0.6) is 0 Å². The minimum atomic E-state index is -0.740. The van der Waals surface area contributed by atoms with E-state index in [2.05, 4.69) is 10.4 Å². The molecular weight excluding hydrogens is 510 g/mol. The second-order valence-corrected chi connectivity index (χ2v) is 10.2. The normalized spacial score (nSPS) is 13.0. The Labute approximate surface area is 225 Å². The van der Waals surface area contributed by atoms with Gasteiger partial charge in [-0.15, -0.1) is 0 Å². The van der Waals surface area contributed by atoms with E-state index in [0.29, 0.717) is 35.9 Å². The molecule has 1 aromatic heterocycles. The number of benzene rings is 2. The summed E-state index contributed by atoms with van der Waals surface area (Å²) in [4.78, 5) is 40.2. The number of carbonyl (C=O) groups is 3. The highest BCUT2D eigenvalue weighted by Crippen LogP contribution is 2.27. The molecule has 38 heavy (non-hydrogen) atoms. The van der Waals surface area contributed by atoms with Crippen molar-refractivity contribution in [2.45, 2.75) is 46.3 Å². The summed E-state index contributed by atoms with van der Waals surface area (Å²) < 4.78 is 11.8. The number of nitrogens with zero attached hydrogens (tertiary/aromatic N) is 3. The molecule has 0 bridgehead atoms. The zero-order valence-corrected chi connectivity index (χ0v) is 22.5. The molecule has 0 atom stereocenters. The first-order valence-electron chi connectivity index (χ1n) is 12.2. The van der Waals surface area contributed by atoms with Gasteiger partial charge in [0, 0.05) is 23.8 Å². The van der Waals surface area contributed by atoms with Gasteiger partial charge in [-0.2, -0.15) is 5.10 Å². The van der Waals surface area contributed by atoms with Gasteiger partial charge in [-0.1, -0.05) is 23.7 Å². The number of carbonyl (C=O) groups excluding carboxylic acids is 3. The fraction of sp³-hybridized carbons (Fsp3) is 0.333. The summed E-state index contributed by atoms with van der Waals surface area (Å²) in [5.41, 5.74) is 8.24. The molecule has 0 spiro atoms. The molecule has 0 saturated heterocycles. The Hall–Kier alpha value is -4.05. The molecule has 200 valence electrons. The van der Waals surface area contributed by atoms with Crippen LogP contribution in [-0.4, -0.2) is 51.4 Å². The molecule has 11 heteroatoms. The average molecular weight is 540 g/mol. The van der Waals surface area contributed by atoms with E-state index in [-0.39, 0.29) is 29.8 Å². The Morgan fingerprint density at radius 1 is 1.13 bits per heavy atom. The number of nitrogen functional groups attached to an aromatic ring is 1. The Balaban J connectivity index is 1.63. The SMILES string of the molecule is CCOC(=O)c1nn(-c2cccc(Cl)c2)c(C(=O)Nc2ccc3c(c2)CN(C(=O)OC(C)(C)C)CC3)c1N. The highest BCUT2D eigenvalue weighted by atomic mass is 35.5. The predicted octanol–water partition coefficient (Wildman–Crippen LogP) is 4.83. The van der Waals surface area contributed by atoms with E-state index < -0.39 is 17.5 Å². The molecule has 2 heterocycles. The topological polar surface area (TPSA) is 129 Å². The molecule has 3 N–H and O–H groups in total. The number of aromatic nitrogens is 2. The van der Waals surface area contributed by atoms with Crippen LogP contribution in [0.2, 0.25) is 5.02 Å². The van der Waals surface area contributed by atoms with Gasteiger partial charge in [0.05, 0.1) is 18.0 Å². The van der Waals surface area contributed by atoms with Crippen molar-refractivity contribution in [2.75, 3.05) is 24.2 Å². The summed E-state index contributed by atoms with van der Waals surface area (Å²) in [6.45, 7) is 8.15. The Kier molecular flexibility index (Phi) is 7.63. The molecule has 4 rings (SSSR count). The molecule has 3 aromatic rings. The number of esters is 1. The number of nitrogens with two attached hydrogens (primary N) is 1. The quantitative estimate of drug-likeness (QED) is 0.444. The van der Waals surface area contributed by atoms with Gasteiger partial charge in [-0.3, -0.25) is 4.79 Å². The summed E-state index contributed by atoms with van der Waals surface area (Å²) in [6, 6.07) is 12.2. The molecule has 0 fully saturated rings. The van der Waals surface area contributed by atoms with Crippen LogP contribution >= 0.6 is 11.6 Å². The number of fused-ring (bicyclic) bond motifs is 1. The summed E-state index contributed by atoms with van der Waals surface area (Å²) >= 11 is 6.15. The lowest BCUT2D eigenvalue weighted by Gasteiger charge is -2.31. The molecule has 0 saturated carbocycles. The maximum Gasteiger partial charge on any atom is 0.410 e. The van der Waals surface area contributed by atoms with Crippen molar-refractivity contribution in [2.24, 2.45) is 0 Å². The highest BCUT2D eigenvalue weighted by Gasteiger charge is 2.29. The molecule has 2 amide bonds. The smallest absolute Gasteiger partial charge is 0.410 e. The van der Waals surface area contributed by atoms with E-state index in [9.17, 15) is 14.4 Å². The van der Waals surface area contributed by atoms with E-state index in [4.69, 9.17) is 26.8 Å². The van der Waals surface area contributed by atoms with Crippen molar-refractivity contribution in [3.8, 4) is 5.69 Å². The van der Waals surface area contributed by atoms with Crippen molar-refractivity contribution < 1.29 is 23.9 Å². The third-order valence-corrected chi connectivity index (χ3v) is 6.02. The molecule has 1 aliphatic rings. The van der Waals surface area contributed by atoms with Crippen LogP contribution in [0.15, 0.2) is 42.5 Å². The summed E-state index contributed by atoms with van der Waals surface area (Å²) in [6.07, 6.45) is 0.280. The van der Waals surface area contributed by atoms with Crippen molar-refractivity contribution >= 4 is 40.9 Å². The van der Waals surface area contributed by atoms with Gasteiger partial charge in [0.25, 0.3) is 5.91 Å². The van der Waals surface area contributed by atoms with Crippen molar-refractivity contribution in [1.82, 2.24) is 14.7 Å². The fourth-order valence-corrected chi connectivity index (χ4v) is 4.29. The Bertz CT molecular complexity index is 1390. The second kappa shape index (κ2) is 10.7. The highest BCUT2D eigenvalue weighted by molar-refractivity contribution is 6.30. The number of halogens is 1. The number of hydrogen-bond donors (Lipinski definition) is 2. The maximum absolute atomic E-state index is 13.5. The monoisotopic (exact) mass is 539 g/mol. The summed E-state index contributed by atoms with van der Waals surface area (Å²) in [7, 11) is 0. The van der Waals surface area contributed by atoms with E-state index in [0.717, 1.165) is 11.1 Å². The van der Waals surface area contributed by atoms with Crippen LogP contribution in [0.25, 0.3) is 5.69 Å². The molecule has 1 aliphatic heterocycles. The lowest BCUT2D eigenvalue weighted by molar-refractivity contribution is 0.0223. The van der Waals surface area contributed by atoms with Crippen LogP contribution in [0.3, 0.4) is 0 Å². The molecule has 0 aliphatic carbocycles. The zero-order valence-electron chi connectivity index (χ0n) is 21.7. The third kappa shape index (κ3) is 5.91. The molecular formula is C27H30ClN5O5. The lowest BCUT2D eigenvalue weighted by atomic mass is 9.99. The largest absolute Gasteiger partial charge is 0.461 e. The summed E-state index contributed by atoms with van der Waals surface area (Å²) in [5, 5.41) is 7.53. The van der Waals surface area contributed by atoms with Crippen LogP contribution < -0.4 is 11.1 Å². The van der Waals surface area contributed by atoms with Gasteiger partial charge in [0.2, 0.25) is 0 Å². The third-order valence-electron chi connectivity index (χ3n) is 5.79. The number of amides is 2. The van der Waals surface area contributed by atoms with Gasteiger partial charge < -0.3 is 25.4 Å². The maximum atomic E-state index is 13.5. The minimum absolute atomic E-state index is 0.0385. The number of nitrogens with one attached hydrogen (secondary N) is 1. The fourth-order valence-electron chi connectivity index (χ4n) is 4.10. The lowest BCUT2D eigenvalue weighted by Crippen LogP contribution is -2.39. The number of ether oxygens (including phenoxy) is 2. The molecule has 0 unspecified atom stereocenters. The van der Waals surface area contributed by atoms with Gasteiger partial charge in [-0.25, -0.2) is 14.3 Å². The van der Waals surface area contributed by atoms with Crippen molar-refractivity contribution in [1.29, 1.82) is 0 Å². The number of rotatable bonds is 5. The molecule has 10 nitrogen and oxygen atoms in total. The first-order chi connectivity index (χ1) is 18.0. The molecule has 2 aromatic carbocycles. The van der Waals surface area contributed by atoms with E-state index in [1.165, 1.54) is 4.68 Å². The summed E-state index contributed by atoms with van der Waals surface area (Å²) in [5.74, 6) is -1.32. The van der Waals surface area contributed by atoms with E-state index in [1.54, 1.807) is 42.2 Å². The number of hydrogen-bond acceptors (Lipinski definition) is 7. The van der Waals surface area contributed by atoms with Gasteiger partial charge in [0.15, 0.2) is 11.4 Å². The van der Waals surface area contributed by atoms with Crippen LogP contribution in [-0.2, 0) is 22.4 Å². The van der Waals surface area contributed by atoms with Crippen LogP contribution in [0.1, 0.15) is 59.8 Å². The predicted molar refractivity (Wildman–Crippen MR) is 144 cm³/mol. The Morgan fingerprint density at radius 3 is 2.58 bits per heavy atom. The van der Waals surface area contributed by atoms with Crippen LogP contribution in [0.4, 0.5) is 16.2 Å². The van der Waals surface area contributed by atoms with E-state index in [1.807, 2.05) is 32.9 Å². The van der Waals surface area contributed by atoms with Gasteiger partial charge >= 0.3 is 12.1 Å². The standard InChI is InChI=1S/C27H30ClN5O5/c1-5-37-25(35)22-21(29)23(33(31-22)20-8-6-7-18(28)14-20)24(34)30-19-10-9-16-11-12-32(15-17(16)13-19)26(36)38-27(2,3)4/h6-10,13-14H,5,11-12,15,29H2,1-4H3,(H,30,34). The second-order valence-electron chi connectivity index (χ2n) is 9.81. The Morgan fingerprint density at radius 2 is 1.89 bits per heavy atom. The molecule has 0 radical (unpaired) electrons. The minimum Gasteiger partial charge on any atom is -0.461 e. The van der Waals surface area contributed by atoms with E-state index >= 15 is 0 Å². The first-order valence-corrected chi connectivity index (χ1v) is 12.6. The average Bonchev–Trinajstić information content (AvgIpc) is 3.20. The first kappa shape index (κ1) is 27.0. The van der Waals surface area contributed by atoms with Gasteiger partial charge in [-0.05, 0) is 75.6 Å². The number of anilines is 2. The van der Waals surface area contributed by atoms with Crippen molar-refractivity contribution in [3.63, 3.8) is 0 Å². The van der Waals surface area contributed by atoms with Crippen LogP contribution in [0, 0.1) is 0 Å².